The molecule has 0 radical (unpaired) electrons. The minimum atomic E-state index is -6.29. The summed E-state index contributed by atoms with van der Waals surface area (Å²) in [4.78, 5) is 0. The summed E-state index contributed by atoms with van der Waals surface area (Å²) in [5.74, 6) is -7.80. The molecule has 0 N–H and O–H groups in total. The van der Waals surface area contributed by atoms with Gasteiger partial charge in [0.2, 0.25) is 5.50 Å². The van der Waals surface area contributed by atoms with Crippen molar-refractivity contribution in [2.45, 2.75) is 23.3 Å². The second-order valence-corrected chi connectivity index (χ2v) is 5.07. The van der Waals surface area contributed by atoms with Crippen LogP contribution in [0.4, 0.5) is 30.7 Å². The Morgan fingerprint density at radius 1 is 1.13 bits per heavy atom. The molecule has 0 bridgehead atoms. The zero-order chi connectivity index (χ0) is 12.3. The van der Waals surface area contributed by atoms with Gasteiger partial charge in [0, 0.05) is 0 Å². The first kappa shape index (κ1) is 12.5. The molecule has 1 saturated heterocycles. The first-order chi connectivity index (χ1) is 6.36. The van der Waals surface area contributed by atoms with Gasteiger partial charge >= 0.3 is 17.8 Å². The van der Waals surface area contributed by atoms with Crippen molar-refractivity contribution >= 4 is 9.84 Å². The van der Waals surface area contributed by atoms with Crippen LogP contribution >= 0.6 is 0 Å². The van der Waals surface area contributed by atoms with E-state index in [9.17, 15) is 39.2 Å². The molecule has 0 aromatic rings. The van der Waals surface area contributed by atoms with Crippen LogP contribution in [0, 0.1) is 0 Å². The fourth-order valence-electron chi connectivity index (χ4n) is 1.18. The summed E-state index contributed by atoms with van der Waals surface area (Å²) in [5.41, 5.74) is -9.96. The maximum atomic E-state index is 12.9. The molecule has 1 aliphatic rings. The molecule has 10 heteroatoms. The van der Waals surface area contributed by atoms with Crippen molar-refractivity contribution in [3.05, 3.63) is 0 Å². The summed E-state index contributed by atoms with van der Waals surface area (Å²) < 4.78 is 107. The standard InChI is InChI=1S/C5H3F7O2S/c6-2-4(9,5(10,11)12)3(7,8)1-15(2,13)14/h2H,1H2. The summed E-state index contributed by atoms with van der Waals surface area (Å²) in [6, 6.07) is 0. The van der Waals surface area contributed by atoms with Crippen molar-refractivity contribution < 1.29 is 39.2 Å². The molecule has 0 amide bonds. The Balaban J connectivity index is 3.42. The van der Waals surface area contributed by atoms with Gasteiger partial charge in [-0.15, -0.1) is 0 Å². The van der Waals surface area contributed by atoms with Gasteiger partial charge in [0.05, 0.1) is 0 Å². The average Bonchev–Trinajstić information content (AvgIpc) is 2.07. The van der Waals surface area contributed by atoms with Gasteiger partial charge < -0.3 is 0 Å². The van der Waals surface area contributed by atoms with Crippen molar-refractivity contribution in [1.29, 1.82) is 0 Å². The van der Waals surface area contributed by atoms with Crippen LogP contribution < -0.4 is 0 Å². The summed E-state index contributed by atoms with van der Waals surface area (Å²) in [5, 5.41) is 0. The number of rotatable bonds is 0. The van der Waals surface area contributed by atoms with Crippen molar-refractivity contribution in [1.82, 2.24) is 0 Å². The van der Waals surface area contributed by atoms with Crippen LogP contribution in [0.5, 0.6) is 0 Å². The van der Waals surface area contributed by atoms with Crippen LogP contribution in [0.25, 0.3) is 0 Å². The fourth-order valence-corrected chi connectivity index (χ4v) is 2.84. The van der Waals surface area contributed by atoms with Crippen LogP contribution in [0.3, 0.4) is 0 Å². The van der Waals surface area contributed by atoms with Gasteiger partial charge in [0.25, 0.3) is 0 Å². The first-order valence-electron chi connectivity index (χ1n) is 3.35. The molecule has 90 valence electrons. The van der Waals surface area contributed by atoms with Crippen molar-refractivity contribution in [3.63, 3.8) is 0 Å². The van der Waals surface area contributed by atoms with Gasteiger partial charge in [-0.05, 0) is 0 Å². The van der Waals surface area contributed by atoms with E-state index in [1.54, 1.807) is 0 Å². The molecule has 0 aromatic heterocycles. The minimum Gasteiger partial charge on any atom is -0.226 e. The van der Waals surface area contributed by atoms with Crippen LogP contribution in [-0.2, 0) is 9.84 Å². The topological polar surface area (TPSA) is 34.1 Å². The van der Waals surface area contributed by atoms with Crippen LogP contribution in [-0.4, -0.2) is 37.4 Å². The lowest BCUT2D eigenvalue weighted by atomic mass is 10.0. The Bertz CT molecular complexity index is 371. The Kier molecular flexibility index (Phi) is 2.31. The van der Waals surface area contributed by atoms with E-state index in [0.717, 1.165) is 0 Å². The SMILES string of the molecule is O=S1(=O)CC(F)(F)C(F)(C(F)(F)F)C1F. The van der Waals surface area contributed by atoms with Crippen molar-refractivity contribution in [2.75, 3.05) is 5.75 Å². The molecular formula is C5H3F7O2S. The lowest BCUT2D eigenvalue weighted by Gasteiger charge is -2.28. The average molecular weight is 260 g/mol. The fraction of sp³-hybridized carbons (Fsp3) is 1.00. The molecule has 2 unspecified atom stereocenters. The Hall–Kier alpha value is -0.540. The maximum Gasteiger partial charge on any atom is 0.432 e. The highest BCUT2D eigenvalue weighted by atomic mass is 32.2. The van der Waals surface area contributed by atoms with Crippen molar-refractivity contribution in [2.24, 2.45) is 0 Å². The highest BCUT2D eigenvalue weighted by molar-refractivity contribution is 7.92. The molecule has 1 fully saturated rings. The first-order valence-corrected chi connectivity index (χ1v) is 5.07. The second kappa shape index (κ2) is 2.77. The number of halogens is 7. The lowest BCUT2D eigenvalue weighted by molar-refractivity contribution is -0.299. The Labute approximate surface area is 79.0 Å². The minimum absolute atomic E-state index is 2.49. The predicted octanol–water partition coefficient (Wildman–Crippen LogP) is 1.62. The van der Waals surface area contributed by atoms with E-state index in [4.69, 9.17) is 0 Å². The monoisotopic (exact) mass is 260 g/mol. The van der Waals surface area contributed by atoms with Crippen molar-refractivity contribution in [3.8, 4) is 0 Å². The second-order valence-electron chi connectivity index (χ2n) is 3.04. The zero-order valence-electron chi connectivity index (χ0n) is 6.65. The van der Waals surface area contributed by atoms with Crippen LogP contribution in [0.2, 0.25) is 0 Å². The molecular weight excluding hydrogens is 257 g/mol. The quantitative estimate of drug-likeness (QED) is 0.620. The third-order valence-corrected chi connectivity index (χ3v) is 3.68. The van der Waals surface area contributed by atoms with E-state index in [0.29, 0.717) is 0 Å². The smallest absolute Gasteiger partial charge is 0.226 e. The van der Waals surface area contributed by atoms with Crippen LogP contribution in [0.15, 0.2) is 0 Å². The molecule has 0 spiro atoms. The van der Waals surface area contributed by atoms with Gasteiger partial charge in [0.15, 0.2) is 9.84 Å². The van der Waals surface area contributed by atoms with Crippen LogP contribution in [0.1, 0.15) is 0 Å². The van der Waals surface area contributed by atoms with E-state index < -0.39 is 38.9 Å². The van der Waals surface area contributed by atoms with E-state index in [1.165, 1.54) is 0 Å². The summed E-state index contributed by atoms with van der Waals surface area (Å²) in [7, 11) is -5.44. The number of sulfone groups is 1. The van der Waals surface area contributed by atoms with E-state index in [-0.39, 0.29) is 0 Å². The highest BCUT2D eigenvalue weighted by Gasteiger charge is 2.83. The molecule has 15 heavy (non-hydrogen) atoms. The third-order valence-electron chi connectivity index (χ3n) is 1.96. The van der Waals surface area contributed by atoms with E-state index in [1.807, 2.05) is 0 Å². The Morgan fingerprint density at radius 3 is 1.67 bits per heavy atom. The molecule has 1 rings (SSSR count). The lowest BCUT2D eigenvalue weighted by Crippen LogP contribution is -2.57. The summed E-state index contributed by atoms with van der Waals surface area (Å²) >= 11 is 0. The van der Waals surface area contributed by atoms with Gasteiger partial charge in [0.1, 0.15) is 5.75 Å². The van der Waals surface area contributed by atoms with E-state index in [2.05, 4.69) is 0 Å². The number of hydrogen-bond acceptors (Lipinski definition) is 2. The zero-order valence-corrected chi connectivity index (χ0v) is 7.47. The Morgan fingerprint density at radius 2 is 1.53 bits per heavy atom. The van der Waals surface area contributed by atoms with Gasteiger partial charge in [-0.2, -0.15) is 13.2 Å². The number of alkyl halides is 7. The molecule has 1 aliphatic heterocycles. The van der Waals surface area contributed by atoms with E-state index >= 15 is 0 Å². The number of hydrogen-bond donors (Lipinski definition) is 0. The summed E-state index contributed by atoms with van der Waals surface area (Å²) in [6.45, 7) is 0. The molecule has 0 saturated carbocycles. The maximum absolute atomic E-state index is 12.9. The normalized spacial score (nSPS) is 39.3. The van der Waals surface area contributed by atoms with Gasteiger partial charge in [-0.3, -0.25) is 0 Å². The summed E-state index contributed by atoms with van der Waals surface area (Å²) in [6.07, 6.45) is -6.29. The molecule has 1 heterocycles. The largest absolute Gasteiger partial charge is 0.432 e. The van der Waals surface area contributed by atoms with Gasteiger partial charge in [-0.25, -0.2) is 26.0 Å². The van der Waals surface area contributed by atoms with Gasteiger partial charge in [-0.1, -0.05) is 0 Å². The third kappa shape index (κ3) is 1.41. The highest BCUT2D eigenvalue weighted by Crippen LogP contribution is 2.54. The molecule has 0 aliphatic carbocycles. The molecule has 2 nitrogen and oxygen atoms in total. The predicted molar refractivity (Wildman–Crippen MR) is 33.5 cm³/mol. The molecule has 2 atom stereocenters. The molecule has 0 aromatic carbocycles.